The van der Waals surface area contributed by atoms with Crippen LogP contribution >= 0.6 is 0 Å². The number of hydrogen-bond acceptors (Lipinski definition) is 1. The van der Waals surface area contributed by atoms with Crippen molar-refractivity contribution in [3.63, 3.8) is 0 Å². The molecule has 1 nitrogen and oxygen atoms in total. The standard InChI is InChI=1S/C9H15N/c1-4-10-7-5-6-9(10)8(2)3/h4,9H,1-2,5-7H2,3H3. The zero-order valence-electron chi connectivity index (χ0n) is 6.64. The molecule has 1 heteroatoms. The van der Waals surface area contributed by atoms with Gasteiger partial charge in [-0.2, -0.15) is 0 Å². The number of likely N-dealkylation sites (tertiary alicyclic amines) is 1. The molecule has 0 aromatic heterocycles. The molecular weight excluding hydrogens is 122 g/mol. The Morgan fingerprint density at radius 1 is 1.70 bits per heavy atom. The van der Waals surface area contributed by atoms with E-state index in [9.17, 15) is 0 Å². The van der Waals surface area contributed by atoms with Gasteiger partial charge in [-0.3, -0.25) is 0 Å². The Hall–Kier alpha value is -0.720. The number of rotatable bonds is 2. The first kappa shape index (κ1) is 7.39. The fourth-order valence-electron chi connectivity index (χ4n) is 1.54. The van der Waals surface area contributed by atoms with Gasteiger partial charge in [0.25, 0.3) is 0 Å². The van der Waals surface area contributed by atoms with Crippen molar-refractivity contribution in [3.8, 4) is 0 Å². The topological polar surface area (TPSA) is 3.24 Å². The first-order valence-corrected chi connectivity index (χ1v) is 3.79. The molecule has 1 heterocycles. The first-order chi connectivity index (χ1) is 4.75. The van der Waals surface area contributed by atoms with Crippen molar-refractivity contribution in [2.75, 3.05) is 6.54 Å². The summed E-state index contributed by atoms with van der Waals surface area (Å²) >= 11 is 0. The van der Waals surface area contributed by atoms with Gasteiger partial charge in [-0.1, -0.05) is 18.7 Å². The molecule has 0 bridgehead atoms. The molecule has 0 spiro atoms. The van der Waals surface area contributed by atoms with Crippen LogP contribution in [-0.2, 0) is 0 Å². The average molecular weight is 137 g/mol. The van der Waals surface area contributed by atoms with Gasteiger partial charge < -0.3 is 4.90 Å². The smallest absolute Gasteiger partial charge is 0.0491 e. The van der Waals surface area contributed by atoms with Gasteiger partial charge in [0.15, 0.2) is 0 Å². The van der Waals surface area contributed by atoms with Gasteiger partial charge in [0.05, 0.1) is 0 Å². The van der Waals surface area contributed by atoms with Crippen molar-refractivity contribution in [2.24, 2.45) is 0 Å². The van der Waals surface area contributed by atoms with Crippen molar-refractivity contribution < 1.29 is 0 Å². The maximum absolute atomic E-state index is 3.95. The van der Waals surface area contributed by atoms with Crippen molar-refractivity contribution in [1.29, 1.82) is 0 Å². The fourth-order valence-corrected chi connectivity index (χ4v) is 1.54. The molecule has 0 aromatic rings. The largest absolute Gasteiger partial charge is 0.371 e. The van der Waals surface area contributed by atoms with Crippen LogP contribution in [0.15, 0.2) is 24.9 Å². The predicted octanol–water partition coefficient (Wildman–Crippen LogP) is 2.17. The summed E-state index contributed by atoms with van der Waals surface area (Å²) in [5.41, 5.74) is 1.26. The van der Waals surface area contributed by atoms with Crippen LogP contribution in [0, 0.1) is 0 Å². The van der Waals surface area contributed by atoms with E-state index in [0.29, 0.717) is 6.04 Å². The third kappa shape index (κ3) is 1.23. The molecule has 0 amide bonds. The molecule has 1 aliphatic rings. The highest BCUT2D eigenvalue weighted by Gasteiger charge is 2.20. The maximum Gasteiger partial charge on any atom is 0.0491 e. The summed E-state index contributed by atoms with van der Waals surface area (Å²) in [6, 6.07) is 0.567. The van der Waals surface area contributed by atoms with E-state index in [-0.39, 0.29) is 0 Å². The summed E-state index contributed by atoms with van der Waals surface area (Å²) < 4.78 is 0. The van der Waals surface area contributed by atoms with Crippen LogP contribution in [0.5, 0.6) is 0 Å². The number of hydrogen-bond donors (Lipinski definition) is 0. The van der Waals surface area contributed by atoms with E-state index in [1.54, 1.807) is 0 Å². The average Bonchev–Trinajstić information content (AvgIpc) is 2.33. The summed E-state index contributed by atoms with van der Waals surface area (Å²) in [5.74, 6) is 0. The third-order valence-electron chi connectivity index (χ3n) is 2.10. The molecule has 1 fully saturated rings. The second kappa shape index (κ2) is 2.91. The molecule has 1 rings (SSSR count). The second-order valence-corrected chi connectivity index (χ2v) is 2.92. The van der Waals surface area contributed by atoms with Gasteiger partial charge >= 0.3 is 0 Å². The van der Waals surface area contributed by atoms with E-state index < -0.39 is 0 Å². The fraction of sp³-hybridized carbons (Fsp3) is 0.556. The van der Waals surface area contributed by atoms with Crippen LogP contribution in [-0.4, -0.2) is 17.5 Å². The van der Waals surface area contributed by atoms with Crippen molar-refractivity contribution in [2.45, 2.75) is 25.8 Å². The predicted molar refractivity (Wildman–Crippen MR) is 44.7 cm³/mol. The van der Waals surface area contributed by atoms with Gasteiger partial charge in [-0.15, -0.1) is 0 Å². The first-order valence-electron chi connectivity index (χ1n) is 3.79. The second-order valence-electron chi connectivity index (χ2n) is 2.92. The summed E-state index contributed by atoms with van der Waals surface area (Å²) in [4.78, 5) is 2.27. The Kier molecular flexibility index (Phi) is 2.15. The van der Waals surface area contributed by atoms with Crippen LogP contribution in [0.1, 0.15) is 19.8 Å². The lowest BCUT2D eigenvalue weighted by Crippen LogP contribution is -2.23. The van der Waals surface area contributed by atoms with Crippen molar-refractivity contribution >= 4 is 0 Å². The van der Waals surface area contributed by atoms with Crippen LogP contribution in [0.25, 0.3) is 0 Å². The molecule has 0 saturated carbocycles. The van der Waals surface area contributed by atoms with Crippen LogP contribution in [0.2, 0.25) is 0 Å². The Balaban J connectivity index is 2.58. The minimum atomic E-state index is 0.567. The van der Waals surface area contributed by atoms with Crippen LogP contribution in [0.4, 0.5) is 0 Å². The SMILES string of the molecule is C=CN1CCCC1C(=C)C. The highest BCUT2D eigenvalue weighted by molar-refractivity contribution is 5.06. The quantitative estimate of drug-likeness (QED) is 0.527. The molecule has 1 atom stereocenters. The minimum Gasteiger partial charge on any atom is -0.371 e. The maximum atomic E-state index is 3.95. The number of nitrogens with zero attached hydrogens (tertiary/aromatic N) is 1. The monoisotopic (exact) mass is 137 g/mol. The van der Waals surface area contributed by atoms with Gasteiger partial charge in [-0.25, -0.2) is 0 Å². The Morgan fingerprint density at radius 2 is 2.40 bits per heavy atom. The van der Waals surface area contributed by atoms with E-state index in [1.807, 2.05) is 6.20 Å². The lowest BCUT2D eigenvalue weighted by Gasteiger charge is -2.22. The van der Waals surface area contributed by atoms with Gasteiger partial charge in [0.1, 0.15) is 0 Å². The molecular formula is C9H15N. The Labute approximate surface area is 63.0 Å². The van der Waals surface area contributed by atoms with E-state index in [1.165, 1.54) is 18.4 Å². The van der Waals surface area contributed by atoms with Gasteiger partial charge in [-0.05, 0) is 26.0 Å². The molecule has 56 valence electrons. The van der Waals surface area contributed by atoms with Crippen molar-refractivity contribution in [1.82, 2.24) is 4.90 Å². The molecule has 1 saturated heterocycles. The minimum absolute atomic E-state index is 0.567. The summed E-state index contributed by atoms with van der Waals surface area (Å²) in [7, 11) is 0. The van der Waals surface area contributed by atoms with Crippen molar-refractivity contribution in [3.05, 3.63) is 24.9 Å². The van der Waals surface area contributed by atoms with E-state index in [0.717, 1.165) is 6.54 Å². The third-order valence-corrected chi connectivity index (χ3v) is 2.10. The summed E-state index contributed by atoms with van der Waals surface area (Å²) in [6.07, 6.45) is 4.46. The molecule has 1 unspecified atom stereocenters. The van der Waals surface area contributed by atoms with E-state index >= 15 is 0 Å². The molecule has 0 N–H and O–H groups in total. The summed E-state index contributed by atoms with van der Waals surface area (Å²) in [6.45, 7) is 10.9. The highest BCUT2D eigenvalue weighted by Crippen LogP contribution is 2.21. The molecule has 0 aliphatic carbocycles. The highest BCUT2D eigenvalue weighted by atomic mass is 15.2. The lowest BCUT2D eigenvalue weighted by molar-refractivity contribution is 0.389. The Bertz CT molecular complexity index is 149. The molecule has 0 radical (unpaired) electrons. The normalized spacial score (nSPS) is 24.9. The Morgan fingerprint density at radius 3 is 2.80 bits per heavy atom. The van der Waals surface area contributed by atoms with Crippen LogP contribution in [0.3, 0.4) is 0 Å². The molecule has 1 aliphatic heterocycles. The lowest BCUT2D eigenvalue weighted by atomic mass is 10.1. The van der Waals surface area contributed by atoms with Gasteiger partial charge in [0, 0.05) is 12.6 Å². The van der Waals surface area contributed by atoms with E-state index in [4.69, 9.17) is 0 Å². The molecule has 0 aromatic carbocycles. The molecule has 10 heavy (non-hydrogen) atoms. The van der Waals surface area contributed by atoms with E-state index in [2.05, 4.69) is 25.0 Å². The summed E-state index contributed by atoms with van der Waals surface area (Å²) in [5, 5.41) is 0. The van der Waals surface area contributed by atoms with Gasteiger partial charge in [0.2, 0.25) is 0 Å². The van der Waals surface area contributed by atoms with Crippen LogP contribution < -0.4 is 0 Å². The zero-order chi connectivity index (χ0) is 7.56. The zero-order valence-corrected chi connectivity index (χ0v) is 6.64.